The van der Waals surface area contributed by atoms with Gasteiger partial charge in [0.2, 0.25) is 0 Å². The molecule has 0 aromatic rings. The molecule has 72 valence electrons. The van der Waals surface area contributed by atoms with E-state index in [1.54, 1.807) is 0 Å². The minimum atomic E-state index is -1.57. The van der Waals surface area contributed by atoms with Crippen LogP contribution in [0.15, 0.2) is 0 Å². The molecule has 0 aliphatic carbocycles. The van der Waals surface area contributed by atoms with Crippen molar-refractivity contribution >= 4 is 0 Å². The molecule has 1 fully saturated rings. The smallest absolute Gasteiger partial charge is 0.184 e. The van der Waals surface area contributed by atoms with Crippen LogP contribution < -0.4 is 0 Å². The Kier molecular flexibility index (Phi) is 2.99. The molecule has 1 saturated heterocycles. The fourth-order valence-electron chi connectivity index (χ4n) is 1.08. The number of rotatable bonds is 1. The van der Waals surface area contributed by atoms with Gasteiger partial charge in [0.05, 0.1) is 6.61 Å². The zero-order chi connectivity index (χ0) is 9.30. The number of aliphatic hydroxyl groups is 5. The van der Waals surface area contributed by atoms with Crippen molar-refractivity contribution in [3.63, 3.8) is 0 Å². The molecule has 0 saturated carbocycles. The van der Waals surface area contributed by atoms with Crippen LogP contribution in [0.25, 0.3) is 0 Å². The SMILES string of the molecule is O[11CH2]C1OC(O)C(O)C(O)C1O. The minimum absolute atomic E-state index is 0.526. The van der Waals surface area contributed by atoms with Gasteiger partial charge in [-0.15, -0.1) is 0 Å². The summed E-state index contributed by atoms with van der Waals surface area (Å²) in [5, 5.41) is 44.7. The molecule has 6 heteroatoms. The van der Waals surface area contributed by atoms with E-state index in [9.17, 15) is 0 Å². The molecular formula is C6H12O6. The molecular weight excluding hydrogens is 167 g/mol. The summed E-state index contributed by atoms with van der Waals surface area (Å²) in [6.07, 6.45) is -7.04. The molecule has 0 aromatic heterocycles. The van der Waals surface area contributed by atoms with Crippen LogP contribution >= 0.6 is 0 Å². The Hall–Kier alpha value is -0.240. The zero-order valence-corrected chi connectivity index (χ0v) is 6.24. The molecule has 6 nitrogen and oxygen atoms in total. The van der Waals surface area contributed by atoms with Crippen molar-refractivity contribution in [1.82, 2.24) is 0 Å². The third-order valence-corrected chi connectivity index (χ3v) is 1.87. The second-order valence-electron chi connectivity index (χ2n) is 2.72. The van der Waals surface area contributed by atoms with Crippen LogP contribution in [-0.2, 0) is 4.74 Å². The van der Waals surface area contributed by atoms with E-state index in [2.05, 4.69) is 4.74 Å². The third-order valence-electron chi connectivity index (χ3n) is 1.87. The highest BCUT2D eigenvalue weighted by molar-refractivity contribution is 4.87. The lowest BCUT2D eigenvalue weighted by atomic mass is 9.87. The van der Waals surface area contributed by atoms with E-state index in [4.69, 9.17) is 25.5 Å². The molecule has 1 aliphatic heterocycles. The van der Waals surface area contributed by atoms with Crippen LogP contribution in [0.2, 0.25) is 0 Å². The molecule has 0 spiro atoms. The van der Waals surface area contributed by atoms with Gasteiger partial charge in [0.25, 0.3) is 0 Å². The van der Waals surface area contributed by atoms with E-state index < -0.39 is 37.3 Å². The van der Waals surface area contributed by atoms with Crippen molar-refractivity contribution in [1.29, 1.82) is 0 Å². The molecule has 1 rings (SSSR count). The molecule has 0 aromatic carbocycles. The molecule has 5 unspecified atom stereocenters. The van der Waals surface area contributed by atoms with E-state index in [-0.39, 0.29) is 0 Å². The molecule has 1 heterocycles. The summed E-state index contributed by atoms with van der Waals surface area (Å²) >= 11 is 0. The average molecular weight is 179 g/mol. The number of hydrogen-bond acceptors (Lipinski definition) is 6. The molecule has 1 aliphatic rings. The van der Waals surface area contributed by atoms with E-state index >= 15 is 0 Å². The molecule has 5 atom stereocenters. The van der Waals surface area contributed by atoms with Gasteiger partial charge in [0, 0.05) is 0 Å². The Morgan fingerprint density at radius 1 is 0.917 bits per heavy atom. The fraction of sp³-hybridized carbons (Fsp3) is 1.00. The lowest BCUT2D eigenvalue weighted by Crippen LogP contribution is -2.58. The maximum absolute atomic E-state index is 9.12. The highest BCUT2D eigenvalue weighted by atomic mass is 16.6. The predicted molar refractivity (Wildman–Crippen MR) is 36.0 cm³/mol. The van der Waals surface area contributed by atoms with Crippen molar-refractivity contribution in [2.45, 2.75) is 30.7 Å². The topological polar surface area (TPSA) is 110 Å². The highest BCUT2D eigenvalue weighted by Crippen LogP contribution is 2.18. The van der Waals surface area contributed by atoms with Gasteiger partial charge in [-0.1, -0.05) is 0 Å². The summed E-state index contributed by atoms with van der Waals surface area (Å²) in [4.78, 5) is 0. The average Bonchev–Trinajstić information content (AvgIpc) is 2.08. The normalized spacial score (nSPS) is 49.2. The van der Waals surface area contributed by atoms with Gasteiger partial charge in [-0.2, -0.15) is 0 Å². The Labute approximate surface area is 68.6 Å². The second-order valence-corrected chi connectivity index (χ2v) is 2.72. The molecule has 12 heavy (non-hydrogen) atoms. The van der Waals surface area contributed by atoms with Crippen LogP contribution in [0.1, 0.15) is 0 Å². The van der Waals surface area contributed by atoms with Gasteiger partial charge in [-0.05, 0) is 0 Å². The maximum atomic E-state index is 9.12. The first-order chi connectivity index (χ1) is 5.57. The van der Waals surface area contributed by atoms with Crippen LogP contribution in [-0.4, -0.2) is 62.8 Å². The Morgan fingerprint density at radius 2 is 1.50 bits per heavy atom. The van der Waals surface area contributed by atoms with Crippen molar-refractivity contribution in [2.24, 2.45) is 0 Å². The second kappa shape index (κ2) is 3.65. The summed E-state index contributed by atoms with van der Waals surface area (Å²) in [6, 6.07) is 0. The molecule has 0 bridgehead atoms. The minimum Gasteiger partial charge on any atom is -0.394 e. The standard InChI is InChI=1S/C6H12O6/c7-1-2-3(8)4(9)5(10)6(11)12-2/h2-11H,1H2/i1-1. The predicted octanol–water partition coefficient (Wildman–Crippen LogP) is -3.22. The van der Waals surface area contributed by atoms with Crippen LogP contribution in [0.3, 0.4) is 0 Å². The zero-order valence-electron chi connectivity index (χ0n) is 6.24. The van der Waals surface area contributed by atoms with Crippen LogP contribution in [0.4, 0.5) is 0 Å². The van der Waals surface area contributed by atoms with Gasteiger partial charge < -0.3 is 30.3 Å². The Balaban J connectivity index is 2.63. The van der Waals surface area contributed by atoms with Crippen molar-refractivity contribution in [2.75, 3.05) is 6.61 Å². The summed E-state index contributed by atoms with van der Waals surface area (Å²) < 4.78 is 4.58. The molecule has 5 N–H and O–H groups in total. The first-order valence-electron chi connectivity index (χ1n) is 3.56. The number of aliphatic hydroxyl groups excluding tert-OH is 5. The van der Waals surface area contributed by atoms with Crippen LogP contribution in [0, 0.1) is 0 Å². The van der Waals surface area contributed by atoms with Gasteiger partial charge in [-0.25, -0.2) is 0 Å². The van der Waals surface area contributed by atoms with Gasteiger partial charge in [0.15, 0.2) is 6.29 Å². The lowest BCUT2D eigenvalue weighted by molar-refractivity contribution is -0.286. The Bertz CT molecular complexity index is 146. The van der Waals surface area contributed by atoms with Gasteiger partial charge in [-0.3, -0.25) is 0 Å². The third kappa shape index (κ3) is 1.58. The fourth-order valence-corrected chi connectivity index (χ4v) is 1.08. The van der Waals surface area contributed by atoms with E-state index in [1.165, 1.54) is 0 Å². The van der Waals surface area contributed by atoms with E-state index in [1.807, 2.05) is 0 Å². The quantitative estimate of drug-likeness (QED) is 0.289. The van der Waals surface area contributed by atoms with Crippen molar-refractivity contribution in [3.05, 3.63) is 0 Å². The van der Waals surface area contributed by atoms with E-state index in [0.717, 1.165) is 0 Å². The van der Waals surface area contributed by atoms with E-state index in [0.29, 0.717) is 0 Å². The summed E-state index contributed by atoms with van der Waals surface area (Å²) in [6.45, 7) is -0.526. The highest BCUT2D eigenvalue weighted by Gasteiger charge is 2.42. The number of hydrogen-bond donors (Lipinski definition) is 5. The van der Waals surface area contributed by atoms with Gasteiger partial charge >= 0.3 is 0 Å². The summed E-state index contributed by atoms with van der Waals surface area (Å²) in [5.74, 6) is 0. The van der Waals surface area contributed by atoms with Crippen molar-refractivity contribution < 1.29 is 30.3 Å². The van der Waals surface area contributed by atoms with Gasteiger partial charge in [0.1, 0.15) is 24.4 Å². The van der Waals surface area contributed by atoms with Crippen LogP contribution in [0.5, 0.6) is 0 Å². The largest absolute Gasteiger partial charge is 0.394 e. The first-order valence-corrected chi connectivity index (χ1v) is 3.56. The molecule has 0 radical (unpaired) electrons. The lowest BCUT2D eigenvalue weighted by Gasteiger charge is -2.37. The first kappa shape index (κ1) is 9.85. The maximum Gasteiger partial charge on any atom is 0.184 e. The Morgan fingerprint density at radius 3 is 2.00 bits per heavy atom. The van der Waals surface area contributed by atoms with Crippen molar-refractivity contribution in [3.8, 4) is 0 Å². The summed E-state index contributed by atoms with van der Waals surface area (Å²) in [5.41, 5.74) is 0. The number of ether oxygens (including phenoxy) is 1. The summed E-state index contributed by atoms with van der Waals surface area (Å²) in [7, 11) is 0. The molecule has 0 amide bonds. The monoisotopic (exact) mass is 179 g/mol.